The van der Waals surface area contributed by atoms with Gasteiger partial charge in [-0.05, 0) is 43.9 Å². The van der Waals surface area contributed by atoms with Crippen molar-refractivity contribution < 1.29 is 13.2 Å². The van der Waals surface area contributed by atoms with Crippen molar-refractivity contribution in [1.82, 2.24) is 5.32 Å². The minimum absolute atomic E-state index is 0.0122. The lowest BCUT2D eigenvalue weighted by Crippen LogP contribution is -2.38. The average Bonchev–Trinajstić information content (AvgIpc) is 2.46. The highest BCUT2D eigenvalue weighted by Gasteiger charge is 2.26. The van der Waals surface area contributed by atoms with Crippen molar-refractivity contribution in [2.75, 3.05) is 0 Å². The monoisotopic (exact) mass is 325 g/mol. The van der Waals surface area contributed by atoms with Crippen molar-refractivity contribution in [3.8, 4) is 0 Å². The molecule has 0 heterocycles. The highest BCUT2D eigenvalue weighted by molar-refractivity contribution is 7.89. The Morgan fingerprint density at radius 2 is 1.91 bits per heavy atom. The first-order chi connectivity index (χ1) is 10.3. The zero-order chi connectivity index (χ0) is 16.3. The van der Waals surface area contributed by atoms with Gasteiger partial charge in [0.25, 0.3) is 0 Å². The molecule has 1 saturated carbocycles. The van der Waals surface area contributed by atoms with Gasteiger partial charge in [-0.2, -0.15) is 0 Å². The number of nitrogens with one attached hydrogen (secondary N) is 1. The Labute approximate surface area is 131 Å². The SMILES string of the molecule is CC(NC(=O)C1CCCC(N)C1)c1ccc(S(N)(=O)=O)cc1. The standard InChI is InChI=1S/C15H23N3O3S/c1-10(11-5-7-14(8-6-11)22(17,20)21)18-15(19)12-3-2-4-13(16)9-12/h5-8,10,12-13H,2-4,9,16H2,1H3,(H,18,19)(H2,17,20,21). The van der Waals surface area contributed by atoms with E-state index in [2.05, 4.69) is 5.32 Å². The molecule has 1 aromatic rings. The Morgan fingerprint density at radius 3 is 2.45 bits per heavy atom. The van der Waals surface area contributed by atoms with Crippen molar-refractivity contribution >= 4 is 15.9 Å². The van der Waals surface area contributed by atoms with E-state index in [1.807, 2.05) is 6.92 Å². The summed E-state index contributed by atoms with van der Waals surface area (Å²) >= 11 is 0. The van der Waals surface area contributed by atoms with Gasteiger partial charge in [-0.3, -0.25) is 4.79 Å². The van der Waals surface area contributed by atoms with Gasteiger partial charge < -0.3 is 11.1 Å². The van der Waals surface area contributed by atoms with Crippen LogP contribution in [0, 0.1) is 5.92 Å². The molecule has 1 aliphatic rings. The number of hydrogen-bond donors (Lipinski definition) is 3. The predicted molar refractivity (Wildman–Crippen MR) is 84.3 cm³/mol. The molecule has 1 amide bonds. The molecular formula is C15H23N3O3S. The van der Waals surface area contributed by atoms with E-state index in [0.717, 1.165) is 31.2 Å². The Morgan fingerprint density at radius 1 is 1.27 bits per heavy atom. The summed E-state index contributed by atoms with van der Waals surface area (Å²) in [6.45, 7) is 1.87. The van der Waals surface area contributed by atoms with Crippen LogP contribution in [0.2, 0.25) is 0 Å². The number of rotatable bonds is 4. The van der Waals surface area contributed by atoms with Gasteiger partial charge in [0.15, 0.2) is 0 Å². The van der Waals surface area contributed by atoms with Crippen LogP contribution in [0.25, 0.3) is 0 Å². The summed E-state index contributed by atoms with van der Waals surface area (Å²) in [7, 11) is -3.69. The third-order valence-electron chi connectivity index (χ3n) is 4.15. The molecule has 1 aliphatic carbocycles. The Balaban J connectivity index is 1.99. The van der Waals surface area contributed by atoms with Gasteiger partial charge in [0.05, 0.1) is 10.9 Å². The van der Waals surface area contributed by atoms with Gasteiger partial charge >= 0.3 is 0 Å². The lowest BCUT2D eigenvalue weighted by molar-refractivity contribution is -0.126. The van der Waals surface area contributed by atoms with E-state index in [4.69, 9.17) is 10.9 Å². The Kier molecular flexibility index (Phi) is 5.20. The van der Waals surface area contributed by atoms with Crippen molar-refractivity contribution in [2.45, 2.75) is 49.6 Å². The number of nitrogens with two attached hydrogens (primary N) is 2. The van der Waals surface area contributed by atoms with E-state index in [9.17, 15) is 13.2 Å². The first-order valence-corrected chi connectivity index (χ1v) is 9.00. The topological polar surface area (TPSA) is 115 Å². The van der Waals surface area contributed by atoms with E-state index >= 15 is 0 Å². The van der Waals surface area contributed by atoms with Gasteiger partial charge in [-0.25, -0.2) is 13.6 Å². The molecule has 22 heavy (non-hydrogen) atoms. The molecule has 2 rings (SSSR count). The summed E-state index contributed by atoms with van der Waals surface area (Å²) in [6.07, 6.45) is 3.56. The minimum Gasteiger partial charge on any atom is -0.349 e. The summed E-state index contributed by atoms with van der Waals surface area (Å²) in [4.78, 5) is 12.3. The number of carbonyl (C=O) groups is 1. The van der Waals surface area contributed by atoms with Crippen LogP contribution < -0.4 is 16.2 Å². The zero-order valence-electron chi connectivity index (χ0n) is 12.7. The molecule has 0 aliphatic heterocycles. The van der Waals surface area contributed by atoms with Gasteiger partial charge in [-0.15, -0.1) is 0 Å². The van der Waals surface area contributed by atoms with Gasteiger partial charge in [0.1, 0.15) is 0 Å². The van der Waals surface area contributed by atoms with Crippen LogP contribution in [0.15, 0.2) is 29.2 Å². The fourth-order valence-corrected chi connectivity index (χ4v) is 3.34. The van der Waals surface area contributed by atoms with Gasteiger partial charge in [0, 0.05) is 12.0 Å². The summed E-state index contributed by atoms with van der Waals surface area (Å²) in [5.41, 5.74) is 6.75. The first kappa shape index (κ1) is 16.9. The second kappa shape index (κ2) is 6.76. The quantitative estimate of drug-likeness (QED) is 0.766. The molecule has 0 radical (unpaired) electrons. The van der Waals surface area contributed by atoms with E-state index < -0.39 is 10.0 Å². The molecule has 122 valence electrons. The second-order valence-electron chi connectivity index (χ2n) is 5.97. The Bertz CT molecular complexity index is 628. The van der Waals surface area contributed by atoms with Crippen LogP contribution in [0.1, 0.15) is 44.2 Å². The maximum absolute atomic E-state index is 12.3. The number of primary sulfonamides is 1. The van der Waals surface area contributed by atoms with Crippen molar-refractivity contribution in [3.63, 3.8) is 0 Å². The van der Waals surface area contributed by atoms with E-state index in [1.54, 1.807) is 12.1 Å². The molecule has 5 N–H and O–H groups in total. The summed E-state index contributed by atoms with van der Waals surface area (Å²) in [5, 5.41) is 8.03. The molecule has 1 aromatic carbocycles. The van der Waals surface area contributed by atoms with Crippen molar-refractivity contribution in [1.29, 1.82) is 0 Å². The molecule has 0 bridgehead atoms. The summed E-state index contributed by atoms with van der Waals surface area (Å²) in [6, 6.07) is 6.14. The van der Waals surface area contributed by atoms with Crippen molar-refractivity contribution in [2.24, 2.45) is 16.8 Å². The minimum atomic E-state index is -3.69. The molecule has 7 heteroatoms. The number of benzene rings is 1. The molecular weight excluding hydrogens is 302 g/mol. The van der Waals surface area contributed by atoms with Crippen LogP contribution in [0.5, 0.6) is 0 Å². The Hall–Kier alpha value is -1.44. The maximum Gasteiger partial charge on any atom is 0.238 e. The van der Waals surface area contributed by atoms with Crippen LogP contribution in [-0.4, -0.2) is 20.4 Å². The second-order valence-corrected chi connectivity index (χ2v) is 7.53. The van der Waals surface area contributed by atoms with Crippen LogP contribution in [-0.2, 0) is 14.8 Å². The number of amides is 1. The third-order valence-corrected chi connectivity index (χ3v) is 5.08. The van der Waals surface area contributed by atoms with Crippen LogP contribution in [0.4, 0.5) is 0 Å². The largest absolute Gasteiger partial charge is 0.349 e. The van der Waals surface area contributed by atoms with E-state index in [-0.39, 0.29) is 28.8 Å². The molecule has 3 atom stereocenters. The molecule has 0 spiro atoms. The van der Waals surface area contributed by atoms with E-state index in [0.29, 0.717) is 0 Å². The molecule has 1 fully saturated rings. The number of sulfonamides is 1. The van der Waals surface area contributed by atoms with Gasteiger partial charge in [-0.1, -0.05) is 18.6 Å². The lowest BCUT2D eigenvalue weighted by Gasteiger charge is -2.27. The van der Waals surface area contributed by atoms with Crippen LogP contribution >= 0.6 is 0 Å². The highest BCUT2D eigenvalue weighted by atomic mass is 32.2. The summed E-state index contributed by atoms with van der Waals surface area (Å²) < 4.78 is 22.5. The smallest absolute Gasteiger partial charge is 0.238 e. The summed E-state index contributed by atoms with van der Waals surface area (Å²) in [5.74, 6) is -0.0203. The van der Waals surface area contributed by atoms with Crippen LogP contribution in [0.3, 0.4) is 0 Å². The predicted octanol–water partition coefficient (Wildman–Crippen LogP) is 1.03. The average molecular weight is 325 g/mol. The third kappa shape index (κ3) is 4.28. The van der Waals surface area contributed by atoms with E-state index in [1.165, 1.54) is 12.1 Å². The molecule has 0 aromatic heterocycles. The van der Waals surface area contributed by atoms with Crippen molar-refractivity contribution in [3.05, 3.63) is 29.8 Å². The fraction of sp³-hybridized carbons (Fsp3) is 0.533. The maximum atomic E-state index is 12.3. The molecule has 6 nitrogen and oxygen atoms in total. The number of hydrogen-bond acceptors (Lipinski definition) is 4. The number of carbonyl (C=O) groups excluding carboxylic acids is 1. The molecule has 3 unspecified atom stereocenters. The fourth-order valence-electron chi connectivity index (χ4n) is 2.83. The highest BCUT2D eigenvalue weighted by Crippen LogP contribution is 2.24. The lowest BCUT2D eigenvalue weighted by atomic mass is 9.85. The van der Waals surface area contributed by atoms with Gasteiger partial charge in [0.2, 0.25) is 15.9 Å². The molecule has 0 saturated heterocycles. The zero-order valence-corrected chi connectivity index (χ0v) is 13.5. The first-order valence-electron chi connectivity index (χ1n) is 7.46. The normalized spacial score (nSPS) is 23.8.